The largest absolute Gasteiger partial charge is 0.246 e. The number of thioether (sulfide) groups is 1. The Morgan fingerprint density at radius 1 is 1.00 bits per heavy atom. The predicted molar refractivity (Wildman–Crippen MR) is 104 cm³/mol. The van der Waals surface area contributed by atoms with Gasteiger partial charge in [-0.05, 0) is 31.0 Å². The molecule has 0 atom stereocenters. The van der Waals surface area contributed by atoms with E-state index in [1.807, 2.05) is 23.0 Å². The summed E-state index contributed by atoms with van der Waals surface area (Å²) in [7, 11) is 0. The molecule has 2 heterocycles. The third kappa shape index (κ3) is 3.30. The summed E-state index contributed by atoms with van der Waals surface area (Å²) >= 11 is 1.75. The number of fused-ring (bicyclic) bond motifs is 1. The molecule has 0 aliphatic carbocycles. The van der Waals surface area contributed by atoms with E-state index in [1.165, 1.54) is 22.3 Å². The van der Waals surface area contributed by atoms with E-state index in [0.29, 0.717) is 0 Å². The highest BCUT2D eigenvalue weighted by atomic mass is 32.2. The Labute approximate surface area is 151 Å². The van der Waals surface area contributed by atoms with Crippen LogP contribution in [0.25, 0.3) is 16.8 Å². The summed E-state index contributed by atoms with van der Waals surface area (Å²) in [5.41, 5.74) is 7.03. The number of nitrogens with zero attached hydrogens (tertiary/aromatic N) is 3. The average molecular weight is 345 g/mol. The first-order chi connectivity index (χ1) is 12.2. The molecule has 0 bridgehead atoms. The van der Waals surface area contributed by atoms with E-state index >= 15 is 0 Å². The molecule has 0 unspecified atom stereocenters. The van der Waals surface area contributed by atoms with Crippen molar-refractivity contribution >= 4 is 17.3 Å². The van der Waals surface area contributed by atoms with Crippen LogP contribution in [0.5, 0.6) is 0 Å². The first-order valence-electron chi connectivity index (χ1n) is 8.29. The molecule has 0 radical (unpaired) electrons. The van der Waals surface area contributed by atoms with Crippen molar-refractivity contribution in [3.05, 3.63) is 83.7 Å². The zero-order valence-corrected chi connectivity index (χ0v) is 15.1. The summed E-state index contributed by atoms with van der Waals surface area (Å²) in [4.78, 5) is 4.57. The van der Waals surface area contributed by atoms with Crippen molar-refractivity contribution in [2.24, 2.45) is 0 Å². The Morgan fingerprint density at radius 3 is 2.64 bits per heavy atom. The number of hydrogen-bond donors (Lipinski definition) is 0. The maximum absolute atomic E-state index is 4.75. The van der Waals surface area contributed by atoms with Gasteiger partial charge >= 0.3 is 0 Å². The minimum absolute atomic E-state index is 0.900. The van der Waals surface area contributed by atoms with Gasteiger partial charge in [-0.2, -0.15) is 5.10 Å². The molecule has 124 valence electrons. The Balaban J connectivity index is 1.69. The Morgan fingerprint density at radius 2 is 1.84 bits per heavy atom. The van der Waals surface area contributed by atoms with Crippen LogP contribution < -0.4 is 0 Å². The van der Waals surface area contributed by atoms with Gasteiger partial charge in [-0.1, -0.05) is 65.9 Å². The molecular formula is C21H19N3S. The van der Waals surface area contributed by atoms with Gasteiger partial charge in [0.25, 0.3) is 0 Å². The first kappa shape index (κ1) is 15.9. The van der Waals surface area contributed by atoms with Gasteiger partial charge < -0.3 is 0 Å². The second kappa shape index (κ2) is 6.73. The Hall–Kier alpha value is -2.59. The van der Waals surface area contributed by atoms with Crippen molar-refractivity contribution in [3.63, 3.8) is 0 Å². The highest BCUT2D eigenvalue weighted by Gasteiger charge is 2.11. The first-order valence-corrected chi connectivity index (χ1v) is 9.28. The van der Waals surface area contributed by atoms with E-state index in [0.717, 1.165) is 22.0 Å². The fourth-order valence-corrected chi connectivity index (χ4v) is 3.90. The van der Waals surface area contributed by atoms with Gasteiger partial charge in [0.15, 0.2) is 0 Å². The van der Waals surface area contributed by atoms with Crippen molar-refractivity contribution in [2.75, 3.05) is 0 Å². The van der Waals surface area contributed by atoms with E-state index < -0.39 is 0 Å². The summed E-state index contributed by atoms with van der Waals surface area (Å²) in [6.07, 6.45) is 3.73. The zero-order chi connectivity index (χ0) is 17.2. The predicted octanol–water partition coefficient (Wildman–Crippen LogP) is 5.31. The second-order valence-corrected chi connectivity index (χ2v) is 7.15. The van der Waals surface area contributed by atoms with Crippen LogP contribution in [0.2, 0.25) is 0 Å². The summed E-state index contributed by atoms with van der Waals surface area (Å²) in [5.74, 6) is 0.900. The van der Waals surface area contributed by atoms with Gasteiger partial charge in [0.05, 0.1) is 11.2 Å². The van der Waals surface area contributed by atoms with Crippen LogP contribution in [0, 0.1) is 13.8 Å². The molecule has 0 N–H and O–H groups in total. The topological polar surface area (TPSA) is 30.2 Å². The van der Waals surface area contributed by atoms with Crippen LogP contribution >= 0.6 is 11.8 Å². The maximum atomic E-state index is 4.75. The number of aryl methyl sites for hydroxylation is 2. The van der Waals surface area contributed by atoms with Crippen LogP contribution in [-0.4, -0.2) is 14.6 Å². The second-order valence-electron chi connectivity index (χ2n) is 6.18. The number of aromatic nitrogens is 3. The lowest BCUT2D eigenvalue weighted by molar-refractivity contribution is 0.920. The van der Waals surface area contributed by atoms with Crippen LogP contribution in [0.3, 0.4) is 0 Å². The maximum Gasteiger partial charge on any atom is 0.122 e. The van der Waals surface area contributed by atoms with Crippen molar-refractivity contribution in [1.82, 2.24) is 14.6 Å². The average Bonchev–Trinajstić information content (AvgIpc) is 3.05. The lowest BCUT2D eigenvalue weighted by Crippen LogP contribution is -1.91. The quantitative estimate of drug-likeness (QED) is 0.470. The highest BCUT2D eigenvalue weighted by Crippen LogP contribution is 2.29. The molecule has 0 amide bonds. The smallest absolute Gasteiger partial charge is 0.122 e. The third-order valence-corrected chi connectivity index (χ3v) is 5.30. The normalized spacial score (nSPS) is 11.1. The van der Waals surface area contributed by atoms with Gasteiger partial charge in [0.2, 0.25) is 0 Å². The van der Waals surface area contributed by atoms with Crippen LogP contribution in [0.4, 0.5) is 0 Å². The van der Waals surface area contributed by atoms with Gasteiger partial charge in [0.1, 0.15) is 5.03 Å². The molecule has 3 nitrogen and oxygen atoms in total. The summed E-state index contributed by atoms with van der Waals surface area (Å²) in [5, 5.41) is 5.76. The van der Waals surface area contributed by atoms with E-state index in [-0.39, 0.29) is 0 Å². The molecular weight excluding hydrogens is 326 g/mol. The Bertz CT molecular complexity index is 1020. The molecule has 0 saturated carbocycles. The minimum atomic E-state index is 0.900. The molecule has 0 spiro atoms. The lowest BCUT2D eigenvalue weighted by Gasteiger charge is -2.02. The van der Waals surface area contributed by atoms with Gasteiger partial charge in [0, 0.05) is 23.7 Å². The van der Waals surface area contributed by atoms with E-state index in [9.17, 15) is 0 Å². The van der Waals surface area contributed by atoms with Crippen LogP contribution in [-0.2, 0) is 5.75 Å². The van der Waals surface area contributed by atoms with Crippen LogP contribution in [0.1, 0.15) is 16.7 Å². The molecule has 0 saturated heterocycles. The number of hydrogen-bond acceptors (Lipinski definition) is 3. The zero-order valence-electron chi connectivity index (χ0n) is 14.3. The fourth-order valence-electron chi connectivity index (χ4n) is 2.97. The molecule has 0 aliphatic rings. The van der Waals surface area contributed by atoms with Crippen molar-refractivity contribution in [3.8, 4) is 11.3 Å². The van der Waals surface area contributed by atoms with E-state index in [2.05, 4.69) is 67.4 Å². The van der Waals surface area contributed by atoms with Crippen molar-refractivity contribution in [1.29, 1.82) is 0 Å². The summed E-state index contributed by atoms with van der Waals surface area (Å²) in [6.45, 7) is 4.25. The van der Waals surface area contributed by atoms with Crippen molar-refractivity contribution < 1.29 is 0 Å². The molecule has 4 heteroatoms. The number of benzene rings is 2. The number of rotatable bonds is 4. The third-order valence-electron chi connectivity index (χ3n) is 4.23. The molecule has 25 heavy (non-hydrogen) atoms. The molecule has 2 aromatic carbocycles. The summed E-state index contributed by atoms with van der Waals surface area (Å²) < 4.78 is 1.93. The van der Waals surface area contributed by atoms with E-state index in [1.54, 1.807) is 11.8 Å². The minimum Gasteiger partial charge on any atom is -0.246 e. The Kier molecular flexibility index (Phi) is 4.28. The van der Waals surface area contributed by atoms with E-state index in [4.69, 9.17) is 5.10 Å². The fraction of sp³-hybridized carbons (Fsp3) is 0.143. The molecule has 4 rings (SSSR count). The van der Waals surface area contributed by atoms with Gasteiger partial charge in [-0.25, -0.2) is 9.50 Å². The monoisotopic (exact) mass is 345 g/mol. The molecule has 0 fully saturated rings. The van der Waals surface area contributed by atoms with Crippen molar-refractivity contribution in [2.45, 2.75) is 24.6 Å². The van der Waals surface area contributed by atoms with Gasteiger partial charge in [-0.3, -0.25) is 0 Å². The van der Waals surface area contributed by atoms with Crippen LogP contribution in [0.15, 0.2) is 72.0 Å². The highest BCUT2D eigenvalue weighted by molar-refractivity contribution is 7.98. The SMILES string of the molecule is Cc1ccc(-c2cc3c(SCc4ccccc4)nccn3n2)c(C)c1. The molecule has 4 aromatic rings. The molecule has 0 aliphatic heterocycles. The van der Waals surface area contributed by atoms with Gasteiger partial charge in [-0.15, -0.1) is 0 Å². The molecule has 2 aromatic heterocycles. The standard InChI is InChI=1S/C21H19N3S/c1-15-8-9-18(16(2)12-15)19-13-20-21(22-10-11-24(20)23-19)25-14-17-6-4-3-5-7-17/h3-13H,14H2,1-2H3. The summed E-state index contributed by atoms with van der Waals surface area (Å²) in [6, 6.07) is 19.1. The lowest BCUT2D eigenvalue weighted by atomic mass is 10.0.